The Hall–Kier alpha value is -1.86. The van der Waals surface area contributed by atoms with Crippen LogP contribution < -0.4 is 0 Å². The Morgan fingerprint density at radius 2 is 1.24 bits per heavy atom. The molecule has 4 heterocycles. The molecule has 0 unspecified atom stereocenters. The van der Waals surface area contributed by atoms with Gasteiger partial charge >= 0.3 is 11.9 Å². The van der Waals surface area contributed by atoms with Gasteiger partial charge in [-0.2, -0.15) is 0 Å². The van der Waals surface area contributed by atoms with Crippen LogP contribution in [0.4, 0.5) is 0 Å². The topological polar surface area (TPSA) is 402 Å². The lowest BCUT2D eigenvalue weighted by Gasteiger charge is -2.49. The summed E-state index contributed by atoms with van der Waals surface area (Å²) in [5.41, 5.74) is 0. The predicted molar refractivity (Wildman–Crippen MR) is 146 cm³/mol. The Morgan fingerprint density at radius 3 is 1.82 bits per heavy atom. The maximum atomic E-state index is 11.6. The van der Waals surface area contributed by atoms with E-state index in [1.165, 1.54) is 0 Å². The van der Waals surface area contributed by atoms with E-state index in [0.29, 0.717) is 0 Å². The van der Waals surface area contributed by atoms with Crippen LogP contribution in [0.25, 0.3) is 0 Å². The molecule has 4 fully saturated rings. The van der Waals surface area contributed by atoms with E-state index in [4.69, 9.17) is 33.2 Å². The van der Waals surface area contributed by atoms with Crippen molar-refractivity contribution in [3.63, 3.8) is 0 Å². The first kappa shape index (κ1) is 40.9. The molecule has 4 aliphatic rings. The zero-order chi connectivity index (χ0) is 37.4. The van der Waals surface area contributed by atoms with Gasteiger partial charge in [0.15, 0.2) is 25.0 Å². The zero-order valence-electron chi connectivity index (χ0n) is 25.7. The highest BCUT2D eigenvalue weighted by atomic mass is 16.8. The van der Waals surface area contributed by atoms with E-state index in [1.54, 1.807) is 0 Å². The van der Waals surface area contributed by atoms with Crippen molar-refractivity contribution in [1.29, 1.82) is 0 Å². The number of carbonyl (C=O) groups is 2. The van der Waals surface area contributed by atoms with Crippen LogP contribution in [0.15, 0.2) is 0 Å². The summed E-state index contributed by atoms with van der Waals surface area (Å²) in [5, 5.41) is 152. The number of carboxylic acid groups (broad SMARTS) is 2. The number of hydrogen-bond donors (Lipinski definition) is 15. The van der Waals surface area contributed by atoms with Crippen molar-refractivity contribution >= 4 is 11.9 Å². The molecule has 24 nitrogen and oxygen atoms in total. The molecule has 0 aliphatic carbocycles. The Labute approximate surface area is 280 Å². The average Bonchev–Trinajstić information content (AvgIpc) is 3.07. The minimum Gasteiger partial charge on any atom is -0.479 e. The highest BCUT2D eigenvalue weighted by Crippen LogP contribution is 2.36. The maximum absolute atomic E-state index is 11.6. The van der Waals surface area contributed by atoms with E-state index in [2.05, 4.69) is 0 Å². The smallest absolute Gasteiger partial charge is 0.364 e. The Kier molecular flexibility index (Phi) is 13.4. The summed E-state index contributed by atoms with van der Waals surface area (Å²) in [4.78, 5) is 23.2. The molecule has 0 bridgehead atoms. The van der Waals surface area contributed by atoms with E-state index in [1.807, 2.05) is 0 Å². The number of rotatable bonds is 12. The molecule has 4 aliphatic heterocycles. The first-order valence-corrected chi connectivity index (χ1v) is 15.1. The van der Waals surface area contributed by atoms with Gasteiger partial charge in [0.1, 0.15) is 85.5 Å². The van der Waals surface area contributed by atoms with Crippen molar-refractivity contribution in [3.05, 3.63) is 0 Å². The van der Waals surface area contributed by atoms with Crippen molar-refractivity contribution in [2.45, 2.75) is 129 Å². The monoisotopic (exact) mass is 738 g/mol. The van der Waals surface area contributed by atoms with E-state index in [-0.39, 0.29) is 0 Å². The van der Waals surface area contributed by atoms with Crippen molar-refractivity contribution < 1.29 is 119 Å². The minimum absolute atomic E-state index is 0.850. The summed E-state index contributed by atoms with van der Waals surface area (Å²) in [6.45, 7) is -2.87. The molecular formula is C26H42O24. The normalized spacial score (nSPS) is 49.3. The van der Waals surface area contributed by atoms with E-state index >= 15 is 0 Å². The van der Waals surface area contributed by atoms with Gasteiger partial charge in [-0.3, -0.25) is 0 Å². The van der Waals surface area contributed by atoms with E-state index < -0.39 is 161 Å². The fraction of sp³-hybridized carbons (Fsp3) is 0.923. The molecule has 4 saturated heterocycles. The second kappa shape index (κ2) is 16.4. The molecule has 0 spiro atoms. The lowest BCUT2D eigenvalue weighted by atomic mass is 9.92. The molecule has 0 radical (unpaired) electrons. The third-order valence-electron chi connectivity index (χ3n) is 8.73. The van der Waals surface area contributed by atoms with Crippen molar-refractivity contribution in [2.24, 2.45) is 0 Å². The van der Waals surface area contributed by atoms with Gasteiger partial charge in [-0.25, -0.2) is 9.59 Å². The second-order valence-electron chi connectivity index (χ2n) is 12.2. The molecule has 0 aromatic heterocycles. The number of hydrogen-bond acceptors (Lipinski definition) is 22. The highest BCUT2D eigenvalue weighted by molar-refractivity contribution is 5.75. The SMILES string of the molecule is O=C(O)[C@H]1O[C@H](O[C@H]2[C@H](O)[C@H](O)[C@@H](O[C@@H]3[C@H]([C@@H](O)CO)O[C@](O)(C(=O)O)C[C@@H]3O)O[C@@H]2CO[C@H]2O[C@H](CO)[C@H](O)[C@H](O)[C@H]2O)[C@H](O)[C@@H](O)[C@H]1O. The summed E-state index contributed by atoms with van der Waals surface area (Å²) in [7, 11) is 0. The maximum Gasteiger partial charge on any atom is 0.364 e. The first-order valence-electron chi connectivity index (χ1n) is 15.1. The fourth-order valence-electron chi connectivity index (χ4n) is 5.86. The quantitative estimate of drug-likeness (QED) is 0.0883. The average molecular weight is 739 g/mol. The van der Waals surface area contributed by atoms with Gasteiger partial charge in [-0.05, 0) is 0 Å². The predicted octanol–water partition coefficient (Wildman–Crippen LogP) is -9.81. The molecule has 20 atom stereocenters. The van der Waals surface area contributed by atoms with Crippen LogP contribution in [-0.2, 0) is 42.7 Å². The highest BCUT2D eigenvalue weighted by Gasteiger charge is 2.57. The molecule has 0 aromatic rings. The van der Waals surface area contributed by atoms with Gasteiger partial charge in [0.05, 0.1) is 25.9 Å². The Morgan fingerprint density at radius 1 is 0.700 bits per heavy atom. The molecule has 50 heavy (non-hydrogen) atoms. The van der Waals surface area contributed by atoms with Crippen molar-refractivity contribution in [3.8, 4) is 0 Å². The lowest BCUT2D eigenvalue weighted by molar-refractivity contribution is -0.383. The van der Waals surface area contributed by atoms with Gasteiger partial charge in [-0.15, -0.1) is 0 Å². The van der Waals surface area contributed by atoms with Crippen LogP contribution in [0.3, 0.4) is 0 Å². The van der Waals surface area contributed by atoms with Crippen LogP contribution in [-0.4, -0.2) is 231 Å². The summed E-state index contributed by atoms with van der Waals surface area (Å²) in [6.07, 6.45) is -39.1. The molecule has 24 heteroatoms. The summed E-state index contributed by atoms with van der Waals surface area (Å²) >= 11 is 0. The first-order chi connectivity index (χ1) is 23.4. The molecular weight excluding hydrogens is 696 g/mol. The fourth-order valence-corrected chi connectivity index (χ4v) is 5.86. The molecule has 15 N–H and O–H groups in total. The van der Waals surface area contributed by atoms with E-state index in [0.717, 1.165) is 0 Å². The summed E-state index contributed by atoms with van der Waals surface area (Å²) in [6, 6.07) is 0. The molecule has 4 rings (SSSR count). The molecule has 0 amide bonds. The standard InChI is InChI=1S/C26H42O24/c27-2-6(30)18-17(5(29)1-26(43,50-18)25(41)42)47-23-16(38)13(35)19(48-24-15(37)11(33)12(34)20(49-24)21(39)40)8(46-23)4-44-22-14(36)10(32)9(31)7(3-28)45-22/h5-20,22-24,27-38,43H,1-4H2,(H,39,40)(H,41,42)/t5-,6-,7+,8+,9-,10-,11-,12+,13+,14+,15+,16-,17-,18-,19+,20-,22-,23+,24-,26-/m0/s1. The summed E-state index contributed by atoms with van der Waals surface area (Å²) in [5.74, 6) is -6.84. The Balaban J connectivity index is 1.61. The zero-order valence-corrected chi connectivity index (χ0v) is 25.7. The lowest BCUT2D eigenvalue weighted by Crippen LogP contribution is -2.67. The van der Waals surface area contributed by atoms with Crippen LogP contribution >= 0.6 is 0 Å². The van der Waals surface area contributed by atoms with Gasteiger partial charge in [0, 0.05) is 6.42 Å². The largest absolute Gasteiger partial charge is 0.479 e. The number of aliphatic hydroxyl groups excluding tert-OH is 12. The summed E-state index contributed by atoms with van der Waals surface area (Å²) < 4.78 is 37.6. The van der Waals surface area contributed by atoms with Gasteiger partial charge in [-0.1, -0.05) is 0 Å². The Bertz CT molecular complexity index is 1150. The second-order valence-corrected chi connectivity index (χ2v) is 12.2. The molecule has 290 valence electrons. The number of aliphatic carboxylic acids is 2. The van der Waals surface area contributed by atoms with Crippen LogP contribution in [0.2, 0.25) is 0 Å². The minimum atomic E-state index is -3.07. The third-order valence-corrected chi connectivity index (χ3v) is 8.73. The van der Waals surface area contributed by atoms with Gasteiger partial charge in [0.2, 0.25) is 0 Å². The van der Waals surface area contributed by atoms with Crippen LogP contribution in [0, 0.1) is 0 Å². The van der Waals surface area contributed by atoms with Gasteiger partial charge in [0.25, 0.3) is 5.79 Å². The van der Waals surface area contributed by atoms with Crippen molar-refractivity contribution in [2.75, 3.05) is 19.8 Å². The molecule has 0 saturated carbocycles. The number of aliphatic hydroxyl groups is 13. The van der Waals surface area contributed by atoms with Gasteiger partial charge < -0.3 is 110 Å². The third kappa shape index (κ3) is 8.19. The molecule has 0 aromatic carbocycles. The van der Waals surface area contributed by atoms with E-state index in [9.17, 15) is 86.2 Å². The number of carboxylic acids is 2. The van der Waals surface area contributed by atoms with Crippen LogP contribution in [0.5, 0.6) is 0 Å². The van der Waals surface area contributed by atoms with Crippen molar-refractivity contribution in [1.82, 2.24) is 0 Å². The van der Waals surface area contributed by atoms with Crippen LogP contribution in [0.1, 0.15) is 6.42 Å². The number of ether oxygens (including phenoxy) is 7.